The molecule has 2 heterocycles. The molecule has 1 unspecified atom stereocenters. The van der Waals surface area contributed by atoms with Crippen LogP contribution in [0.25, 0.3) is 10.9 Å². The second-order valence-electron chi connectivity index (χ2n) is 4.66. The van der Waals surface area contributed by atoms with E-state index in [0.29, 0.717) is 11.4 Å². The summed E-state index contributed by atoms with van der Waals surface area (Å²) in [6.07, 6.45) is 2.71. The molecular weight excluding hydrogens is 280 g/mol. The zero-order valence-corrected chi connectivity index (χ0v) is 12.4. The molecule has 1 N–H and O–H groups in total. The molecule has 1 atom stereocenters. The van der Waals surface area contributed by atoms with Crippen molar-refractivity contribution >= 4 is 28.1 Å². The molecule has 0 spiro atoms. The van der Waals surface area contributed by atoms with Crippen LogP contribution in [0.3, 0.4) is 0 Å². The zero-order valence-electron chi connectivity index (χ0n) is 11.6. The quantitative estimate of drug-likeness (QED) is 0.786. The Bertz CT molecular complexity index is 790. The smallest absolute Gasteiger partial charge is 0.128 e. The van der Waals surface area contributed by atoms with Crippen molar-refractivity contribution in [3.05, 3.63) is 52.5 Å². The predicted molar refractivity (Wildman–Crippen MR) is 85.2 cm³/mol. The van der Waals surface area contributed by atoms with Crippen molar-refractivity contribution in [2.75, 3.05) is 5.32 Å². The topological polar surface area (TPSA) is 61.6 Å². The normalized spacial score (nSPS) is 12.0. The fourth-order valence-electron chi connectivity index (χ4n) is 2.27. The van der Waals surface area contributed by atoms with E-state index >= 15 is 0 Å². The van der Waals surface area contributed by atoms with Crippen molar-refractivity contribution in [2.45, 2.75) is 19.4 Å². The van der Waals surface area contributed by atoms with Crippen LogP contribution in [0.5, 0.6) is 0 Å². The zero-order chi connectivity index (χ0) is 14.7. The van der Waals surface area contributed by atoms with Gasteiger partial charge in [-0.25, -0.2) is 9.97 Å². The Hall–Kier alpha value is -2.45. The monoisotopic (exact) mass is 294 g/mol. The number of nitrogens with one attached hydrogen (secondary N) is 1. The molecule has 4 nitrogen and oxygen atoms in total. The minimum Gasteiger partial charge on any atom is -0.361 e. The van der Waals surface area contributed by atoms with Crippen LogP contribution in [0, 0.1) is 11.3 Å². The van der Waals surface area contributed by atoms with Crippen LogP contribution in [-0.2, 0) is 0 Å². The molecule has 3 aromatic rings. The van der Waals surface area contributed by atoms with Gasteiger partial charge in [-0.2, -0.15) is 5.26 Å². The Labute approximate surface area is 127 Å². The highest BCUT2D eigenvalue weighted by molar-refractivity contribution is 7.09. The summed E-state index contributed by atoms with van der Waals surface area (Å²) in [4.78, 5) is 8.95. The molecule has 0 fully saturated rings. The number of thiazole rings is 1. The lowest BCUT2D eigenvalue weighted by Crippen LogP contribution is -2.10. The van der Waals surface area contributed by atoms with E-state index in [9.17, 15) is 5.26 Å². The molecule has 104 valence electrons. The molecule has 2 aromatic heterocycles. The van der Waals surface area contributed by atoms with Gasteiger partial charge in [0.05, 0.1) is 23.2 Å². The first kappa shape index (κ1) is 13.5. The molecule has 0 saturated carbocycles. The Morgan fingerprint density at radius 2 is 2.24 bits per heavy atom. The van der Waals surface area contributed by atoms with Gasteiger partial charge in [-0.1, -0.05) is 25.1 Å². The van der Waals surface area contributed by atoms with E-state index < -0.39 is 0 Å². The van der Waals surface area contributed by atoms with Gasteiger partial charge < -0.3 is 5.32 Å². The predicted octanol–water partition coefficient (Wildman–Crippen LogP) is 4.13. The van der Waals surface area contributed by atoms with Crippen molar-refractivity contribution < 1.29 is 0 Å². The van der Waals surface area contributed by atoms with E-state index in [1.165, 1.54) is 0 Å². The number of benzene rings is 1. The fourth-order valence-corrected chi connectivity index (χ4v) is 3.04. The summed E-state index contributed by atoms with van der Waals surface area (Å²) in [7, 11) is 0. The number of para-hydroxylation sites is 1. The summed E-state index contributed by atoms with van der Waals surface area (Å²) in [6.45, 7) is 2.10. The van der Waals surface area contributed by atoms with E-state index in [1.54, 1.807) is 23.6 Å². The number of nitriles is 1. The van der Waals surface area contributed by atoms with Gasteiger partial charge in [0.1, 0.15) is 10.8 Å². The number of fused-ring (bicyclic) bond motifs is 1. The van der Waals surface area contributed by atoms with Crippen molar-refractivity contribution in [1.82, 2.24) is 9.97 Å². The van der Waals surface area contributed by atoms with E-state index in [1.807, 2.05) is 29.6 Å². The van der Waals surface area contributed by atoms with Gasteiger partial charge in [0.25, 0.3) is 0 Å². The molecule has 5 heteroatoms. The van der Waals surface area contributed by atoms with Gasteiger partial charge in [0, 0.05) is 17.0 Å². The maximum absolute atomic E-state index is 9.32. The van der Waals surface area contributed by atoms with Crippen LogP contribution < -0.4 is 5.32 Å². The van der Waals surface area contributed by atoms with Crippen LogP contribution in [0.1, 0.15) is 30.0 Å². The molecule has 0 aliphatic heterocycles. The van der Waals surface area contributed by atoms with Crippen molar-refractivity contribution in [1.29, 1.82) is 5.26 Å². The van der Waals surface area contributed by atoms with Gasteiger partial charge in [-0.3, -0.25) is 0 Å². The van der Waals surface area contributed by atoms with Crippen molar-refractivity contribution in [3.8, 4) is 6.07 Å². The van der Waals surface area contributed by atoms with E-state index in [-0.39, 0.29) is 6.04 Å². The molecule has 0 aliphatic carbocycles. The van der Waals surface area contributed by atoms with Gasteiger partial charge in [-0.05, 0) is 18.6 Å². The third-order valence-corrected chi connectivity index (χ3v) is 4.21. The van der Waals surface area contributed by atoms with Gasteiger partial charge in [0.2, 0.25) is 0 Å². The van der Waals surface area contributed by atoms with Crippen LogP contribution in [0.2, 0.25) is 0 Å². The SMILES string of the molecule is CCC(Nc1cc(C#N)c2ccccc2n1)c1nccs1. The number of hydrogen-bond donors (Lipinski definition) is 1. The van der Waals surface area contributed by atoms with Crippen LogP contribution in [-0.4, -0.2) is 9.97 Å². The van der Waals surface area contributed by atoms with E-state index in [2.05, 4.69) is 28.3 Å². The summed E-state index contributed by atoms with van der Waals surface area (Å²) >= 11 is 1.62. The standard InChI is InChI=1S/C16H14N4S/c1-2-13(16-18-7-8-21-16)19-15-9-11(10-17)12-5-3-4-6-14(12)20-15/h3-9,13H,2H2,1H3,(H,19,20). The third kappa shape index (κ3) is 2.71. The second-order valence-corrected chi connectivity index (χ2v) is 5.59. The number of pyridine rings is 1. The Balaban J connectivity index is 1.99. The van der Waals surface area contributed by atoms with E-state index in [0.717, 1.165) is 22.3 Å². The van der Waals surface area contributed by atoms with E-state index in [4.69, 9.17) is 0 Å². The number of hydrogen-bond acceptors (Lipinski definition) is 5. The third-order valence-electron chi connectivity index (χ3n) is 3.32. The molecular formula is C16H14N4S. The lowest BCUT2D eigenvalue weighted by molar-refractivity contribution is 0.738. The van der Waals surface area contributed by atoms with Gasteiger partial charge in [0.15, 0.2) is 0 Å². The fraction of sp³-hybridized carbons (Fsp3) is 0.188. The highest BCUT2D eigenvalue weighted by Crippen LogP contribution is 2.26. The molecule has 0 radical (unpaired) electrons. The minimum atomic E-state index is 0.116. The maximum Gasteiger partial charge on any atom is 0.128 e. The second kappa shape index (κ2) is 5.90. The Morgan fingerprint density at radius 3 is 2.95 bits per heavy atom. The minimum absolute atomic E-state index is 0.116. The highest BCUT2D eigenvalue weighted by Gasteiger charge is 2.13. The summed E-state index contributed by atoms with van der Waals surface area (Å²) in [5, 5.41) is 16.6. The summed E-state index contributed by atoms with van der Waals surface area (Å²) < 4.78 is 0. The summed E-state index contributed by atoms with van der Waals surface area (Å²) in [5.74, 6) is 0.715. The molecule has 0 bridgehead atoms. The van der Waals surface area contributed by atoms with Crippen molar-refractivity contribution in [2.24, 2.45) is 0 Å². The highest BCUT2D eigenvalue weighted by atomic mass is 32.1. The number of anilines is 1. The van der Waals surface area contributed by atoms with Crippen LogP contribution >= 0.6 is 11.3 Å². The average Bonchev–Trinajstić information content (AvgIpc) is 3.06. The summed E-state index contributed by atoms with van der Waals surface area (Å²) in [5.41, 5.74) is 1.46. The first-order valence-electron chi connectivity index (χ1n) is 6.77. The molecule has 0 aliphatic rings. The number of nitrogens with zero attached hydrogens (tertiary/aromatic N) is 3. The Morgan fingerprint density at radius 1 is 1.38 bits per heavy atom. The lowest BCUT2D eigenvalue weighted by atomic mass is 10.1. The number of rotatable bonds is 4. The Kier molecular flexibility index (Phi) is 3.80. The van der Waals surface area contributed by atoms with Gasteiger partial charge >= 0.3 is 0 Å². The number of aromatic nitrogens is 2. The molecule has 21 heavy (non-hydrogen) atoms. The van der Waals surface area contributed by atoms with Crippen LogP contribution in [0.4, 0.5) is 5.82 Å². The molecule has 0 saturated heterocycles. The molecule has 3 rings (SSSR count). The first-order valence-corrected chi connectivity index (χ1v) is 7.65. The van der Waals surface area contributed by atoms with Gasteiger partial charge in [-0.15, -0.1) is 11.3 Å². The lowest BCUT2D eigenvalue weighted by Gasteiger charge is -2.15. The van der Waals surface area contributed by atoms with Crippen LogP contribution in [0.15, 0.2) is 41.9 Å². The maximum atomic E-state index is 9.32. The molecule has 0 amide bonds. The molecule has 1 aromatic carbocycles. The largest absolute Gasteiger partial charge is 0.361 e. The summed E-state index contributed by atoms with van der Waals surface area (Å²) in [6, 6.07) is 11.9. The van der Waals surface area contributed by atoms with Crippen molar-refractivity contribution in [3.63, 3.8) is 0 Å². The first-order chi connectivity index (χ1) is 10.3. The average molecular weight is 294 g/mol.